The van der Waals surface area contributed by atoms with E-state index in [2.05, 4.69) is 59.9 Å². The molecule has 0 unspecified atom stereocenters. The number of nitrogens with one attached hydrogen (secondary N) is 2. The van der Waals surface area contributed by atoms with E-state index in [4.69, 9.17) is 23.8 Å². The highest BCUT2D eigenvalue weighted by Gasteiger charge is 2.42. The molecule has 2 aromatic carbocycles. The zero-order valence-electron chi connectivity index (χ0n) is 21.9. The van der Waals surface area contributed by atoms with Crippen LogP contribution in [0.2, 0.25) is 5.02 Å². The third-order valence-corrected chi connectivity index (χ3v) is 8.45. The molecule has 3 heterocycles. The summed E-state index contributed by atoms with van der Waals surface area (Å²) in [6, 6.07) is 16.6. The van der Waals surface area contributed by atoms with Crippen molar-refractivity contribution >= 4 is 61.6 Å². The Labute approximate surface area is 234 Å². The number of hydrogen-bond acceptors (Lipinski definition) is 5. The number of pyridine rings is 1. The maximum atomic E-state index is 11.7. The van der Waals surface area contributed by atoms with Gasteiger partial charge in [0, 0.05) is 40.9 Å². The van der Waals surface area contributed by atoms with Gasteiger partial charge >= 0.3 is 0 Å². The molecule has 2 N–H and O–H groups in total. The summed E-state index contributed by atoms with van der Waals surface area (Å²) in [5, 5.41) is 4.63. The third-order valence-electron chi connectivity index (χ3n) is 7.20. The lowest BCUT2D eigenvalue weighted by molar-refractivity contribution is 0.567. The number of benzene rings is 2. The zero-order valence-corrected chi connectivity index (χ0v) is 24.2. The molecule has 1 fully saturated rings. The maximum Gasteiger partial charge on any atom is 0.229 e. The monoisotopic (exact) mass is 567 g/mol. The fourth-order valence-electron chi connectivity index (χ4n) is 5.27. The Bertz CT molecular complexity index is 1540. The molecule has 5 rings (SSSR count). The van der Waals surface area contributed by atoms with Crippen molar-refractivity contribution in [3.05, 3.63) is 88.7 Å². The van der Waals surface area contributed by atoms with E-state index in [9.17, 15) is 8.42 Å². The van der Waals surface area contributed by atoms with Gasteiger partial charge in [0.2, 0.25) is 10.0 Å². The summed E-state index contributed by atoms with van der Waals surface area (Å²) >= 11 is 12.9. The van der Waals surface area contributed by atoms with Gasteiger partial charge in [-0.25, -0.2) is 8.42 Å². The Morgan fingerprint density at radius 2 is 1.84 bits per heavy atom. The first kappa shape index (κ1) is 26.5. The van der Waals surface area contributed by atoms with Gasteiger partial charge in [-0.1, -0.05) is 23.7 Å². The van der Waals surface area contributed by atoms with Gasteiger partial charge in [-0.05, 0) is 92.7 Å². The summed E-state index contributed by atoms with van der Waals surface area (Å²) in [6.07, 6.45) is 5.16. The quantitative estimate of drug-likeness (QED) is 0.371. The molecule has 0 radical (unpaired) electrons. The van der Waals surface area contributed by atoms with Gasteiger partial charge in [0.05, 0.1) is 29.6 Å². The van der Waals surface area contributed by atoms with Crippen LogP contribution in [0.3, 0.4) is 0 Å². The predicted octanol–water partition coefficient (Wildman–Crippen LogP) is 5.92. The smallest absolute Gasteiger partial charge is 0.229 e. The molecule has 0 bridgehead atoms. The minimum Gasteiger partial charge on any atom is -0.365 e. The Morgan fingerprint density at radius 1 is 1.13 bits per heavy atom. The molecule has 7 nitrogen and oxygen atoms in total. The summed E-state index contributed by atoms with van der Waals surface area (Å²) in [6.45, 7) is 6.49. The van der Waals surface area contributed by atoms with Crippen molar-refractivity contribution in [3.63, 3.8) is 0 Å². The fourth-order valence-corrected chi connectivity index (χ4v) is 6.45. The number of allylic oxidation sites excluding steroid dienone is 1. The summed E-state index contributed by atoms with van der Waals surface area (Å²) in [5.41, 5.74) is 6.31. The van der Waals surface area contributed by atoms with Gasteiger partial charge in [-0.15, -0.1) is 0 Å². The van der Waals surface area contributed by atoms with Gasteiger partial charge in [-0.2, -0.15) is 0 Å². The van der Waals surface area contributed by atoms with Crippen LogP contribution in [0.5, 0.6) is 0 Å². The Balaban J connectivity index is 1.65. The first-order valence-corrected chi connectivity index (χ1v) is 14.9. The molecule has 1 saturated heterocycles. The molecule has 0 amide bonds. The molecule has 10 heteroatoms. The number of aromatic nitrogens is 1. The zero-order chi connectivity index (χ0) is 27.4. The van der Waals surface area contributed by atoms with Crippen LogP contribution in [-0.2, 0) is 10.0 Å². The van der Waals surface area contributed by atoms with Crippen LogP contribution in [0.4, 0.5) is 17.1 Å². The average Bonchev–Trinajstić information content (AvgIpc) is 3.19. The van der Waals surface area contributed by atoms with E-state index in [1.807, 2.05) is 41.3 Å². The van der Waals surface area contributed by atoms with Crippen LogP contribution in [0.1, 0.15) is 49.7 Å². The number of hydrogen-bond donors (Lipinski definition) is 2. The molecule has 3 aromatic rings. The van der Waals surface area contributed by atoms with Crippen LogP contribution >= 0.6 is 23.8 Å². The van der Waals surface area contributed by atoms with E-state index in [0.717, 1.165) is 34.5 Å². The summed E-state index contributed by atoms with van der Waals surface area (Å²) < 4.78 is 25.9. The van der Waals surface area contributed by atoms with E-state index in [0.29, 0.717) is 15.8 Å². The first-order chi connectivity index (χ1) is 17.9. The second-order valence-electron chi connectivity index (χ2n) is 10.3. The fraction of sp³-hybridized carbons (Fsp3) is 0.286. The Morgan fingerprint density at radius 3 is 2.47 bits per heavy atom. The second kappa shape index (κ2) is 9.55. The number of sulfonamides is 1. The van der Waals surface area contributed by atoms with Crippen molar-refractivity contribution in [2.24, 2.45) is 0 Å². The van der Waals surface area contributed by atoms with E-state index in [-0.39, 0.29) is 17.6 Å². The van der Waals surface area contributed by atoms with Crippen molar-refractivity contribution in [1.82, 2.24) is 10.3 Å². The van der Waals surface area contributed by atoms with E-state index in [1.54, 1.807) is 18.3 Å². The molecule has 2 aliphatic heterocycles. The summed E-state index contributed by atoms with van der Waals surface area (Å²) in [5.74, 6) is 0. The van der Waals surface area contributed by atoms with Crippen LogP contribution in [0, 0.1) is 0 Å². The minimum atomic E-state index is -3.39. The number of rotatable bonds is 5. The lowest BCUT2D eigenvalue weighted by atomic mass is 9.86. The lowest BCUT2D eigenvalue weighted by Gasteiger charge is -2.41. The SMILES string of the molecule is CC1=CC(C)(C)N(C)c2cc(Cl)c([C@@H]3[C@H](c4ccccn4)NC(=S)N3c3ccc(NS(C)(=O)=O)cc3)cc21. The number of nitrogens with zero attached hydrogens (tertiary/aromatic N) is 3. The summed E-state index contributed by atoms with van der Waals surface area (Å²) in [4.78, 5) is 8.90. The minimum absolute atomic E-state index is 0.136. The topological polar surface area (TPSA) is 77.6 Å². The number of anilines is 3. The molecular formula is C28H30ClN5O2S2. The molecule has 0 saturated carbocycles. The highest BCUT2D eigenvalue weighted by atomic mass is 35.5. The van der Waals surface area contributed by atoms with Crippen LogP contribution in [-0.4, -0.2) is 37.4 Å². The van der Waals surface area contributed by atoms with Gasteiger partial charge in [0.15, 0.2) is 5.11 Å². The van der Waals surface area contributed by atoms with Gasteiger partial charge in [-0.3, -0.25) is 9.71 Å². The van der Waals surface area contributed by atoms with Crippen LogP contribution in [0.15, 0.2) is 66.9 Å². The van der Waals surface area contributed by atoms with Crippen molar-refractivity contribution in [2.45, 2.75) is 38.4 Å². The van der Waals surface area contributed by atoms with Gasteiger partial charge < -0.3 is 15.1 Å². The van der Waals surface area contributed by atoms with Crippen molar-refractivity contribution in [3.8, 4) is 0 Å². The molecule has 1 aromatic heterocycles. The largest absolute Gasteiger partial charge is 0.365 e. The molecule has 0 aliphatic carbocycles. The number of likely N-dealkylation sites (N-methyl/N-ethyl adjacent to an activating group) is 1. The lowest BCUT2D eigenvalue weighted by Crippen LogP contribution is -2.42. The second-order valence-corrected chi connectivity index (χ2v) is 12.9. The molecule has 38 heavy (non-hydrogen) atoms. The molecular weight excluding hydrogens is 538 g/mol. The molecule has 2 aliphatic rings. The number of fused-ring (bicyclic) bond motifs is 1. The Hall–Kier alpha value is -3.14. The third kappa shape index (κ3) is 4.86. The van der Waals surface area contributed by atoms with E-state index >= 15 is 0 Å². The van der Waals surface area contributed by atoms with E-state index < -0.39 is 10.0 Å². The van der Waals surface area contributed by atoms with Crippen molar-refractivity contribution in [1.29, 1.82) is 0 Å². The Kier molecular flexibility index (Phi) is 6.65. The predicted molar refractivity (Wildman–Crippen MR) is 160 cm³/mol. The number of thiocarbonyl (C=S) groups is 1. The summed E-state index contributed by atoms with van der Waals surface area (Å²) in [7, 11) is -1.31. The number of halogens is 1. The average molecular weight is 568 g/mol. The molecule has 0 spiro atoms. The van der Waals surface area contributed by atoms with Gasteiger partial charge in [0.1, 0.15) is 0 Å². The van der Waals surface area contributed by atoms with Gasteiger partial charge in [0.25, 0.3) is 0 Å². The normalized spacial score (nSPS) is 20.6. The highest BCUT2D eigenvalue weighted by Crippen LogP contribution is 2.48. The van der Waals surface area contributed by atoms with Crippen LogP contribution in [0.25, 0.3) is 5.57 Å². The highest BCUT2D eigenvalue weighted by molar-refractivity contribution is 7.92. The van der Waals surface area contributed by atoms with Crippen molar-refractivity contribution < 1.29 is 8.42 Å². The maximum absolute atomic E-state index is 11.7. The molecule has 198 valence electrons. The van der Waals surface area contributed by atoms with Crippen molar-refractivity contribution in [2.75, 3.05) is 27.8 Å². The molecule has 2 atom stereocenters. The standard InChI is InChI=1S/C28H30ClN5O2S2/c1-17-16-28(2,3)33(4)24-15-22(29)21(14-20(17)24)26-25(23-8-6-7-13-30-23)31-27(37)34(26)19-11-9-18(10-12-19)32-38(5,35)36/h6-16,25-26,32H,1-5H3,(H,31,37)/t25-,26+/m0/s1. The van der Waals surface area contributed by atoms with E-state index in [1.165, 1.54) is 5.57 Å². The first-order valence-electron chi connectivity index (χ1n) is 12.2. The van der Waals surface area contributed by atoms with Crippen LogP contribution < -0.4 is 19.8 Å².